The van der Waals surface area contributed by atoms with Crippen LogP contribution in [0.5, 0.6) is 17.5 Å². The lowest BCUT2D eigenvalue weighted by Crippen LogP contribution is -2.31. The Morgan fingerprint density at radius 3 is 2.18 bits per heavy atom. The smallest absolute Gasteiger partial charge is 0.270 e. The lowest BCUT2D eigenvalue weighted by atomic mass is 10.1. The van der Waals surface area contributed by atoms with E-state index in [9.17, 15) is 13.2 Å². The second kappa shape index (κ2) is 11.0. The van der Waals surface area contributed by atoms with Crippen molar-refractivity contribution in [3.63, 3.8) is 0 Å². The van der Waals surface area contributed by atoms with Gasteiger partial charge in [-0.25, -0.2) is 23.1 Å². The monoisotopic (exact) mass is 533 g/mol. The van der Waals surface area contributed by atoms with Crippen LogP contribution in [0, 0.1) is 27.7 Å². The summed E-state index contributed by atoms with van der Waals surface area (Å²) >= 11 is 0. The Morgan fingerprint density at radius 1 is 0.868 bits per heavy atom. The van der Waals surface area contributed by atoms with Crippen molar-refractivity contribution >= 4 is 15.9 Å². The Kier molecular flexibility index (Phi) is 7.78. The number of sulfonamides is 1. The zero-order valence-corrected chi connectivity index (χ0v) is 22.7. The minimum absolute atomic E-state index is 0. The normalized spacial score (nSPS) is 11.2. The van der Waals surface area contributed by atoms with E-state index in [1.54, 1.807) is 24.3 Å². The van der Waals surface area contributed by atoms with Gasteiger partial charge in [-0.1, -0.05) is 35.9 Å². The van der Waals surface area contributed by atoms with Crippen molar-refractivity contribution in [3.8, 4) is 28.9 Å². The molecule has 0 unspecified atom stereocenters. The fourth-order valence-electron chi connectivity index (χ4n) is 4.08. The van der Waals surface area contributed by atoms with Crippen molar-refractivity contribution in [2.45, 2.75) is 39.5 Å². The fourth-order valence-corrected chi connectivity index (χ4v) is 5.07. The van der Waals surface area contributed by atoms with Crippen LogP contribution in [0.4, 0.5) is 0 Å². The van der Waals surface area contributed by atoms with E-state index in [1.807, 2.05) is 58.9 Å². The number of nitrogens with zero attached hydrogens (tertiary/aromatic N) is 2. The largest absolute Gasteiger partial charge is 0.478 e. The van der Waals surface area contributed by atoms with Crippen LogP contribution in [0.15, 0.2) is 71.6 Å². The topological polar surface area (TPSA) is 107 Å². The van der Waals surface area contributed by atoms with Gasteiger partial charge in [0.2, 0.25) is 11.8 Å². The molecule has 0 fully saturated rings. The second-order valence-corrected chi connectivity index (χ2v) is 10.6. The van der Waals surface area contributed by atoms with Gasteiger partial charge in [-0.05, 0) is 81.6 Å². The van der Waals surface area contributed by atoms with Crippen molar-refractivity contribution in [2.24, 2.45) is 0 Å². The number of nitrogens with one attached hydrogen (secondary N) is 1. The number of amides is 1. The molecule has 0 saturated carbocycles. The third-order valence-corrected chi connectivity index (χ3v) is 7.04. The summed E-state index contributed by atoms with van der Waals surface area (Å²) in [4.78, 5) is 22.4. The first-order chi connectivity index (χ1) is 18.1. The van der Waals surface area contributed by atoms with E-state index < -0.39 is 15.9 Å². The van der Waals surface area contributed by atoms with E-state index in [1.165, 1.54) is 18.2 Å². The first-order valence-electron chi connectivity index (χ1n) is 12.1. The average molecular weight is 534 g/mol. The number of rotatable bonds is 8. The molecule has 4 aromatic rings. The quantitative estimate of drug-likeness (QED) is 0.299. The minimum Gasteiger partial charge on any atom is -0.478 e. The highest BCUT2D eigenvalue weighted by atomic mass is 32.2. The number of carbonyl (C=O) groups is 1. The van der Waals surface area contributed by atoms with Crippen LogP contribution in [0.1, 0.15) is 41.0 Å². The molecule has 0 aliphatic heterocycles. The molecule has 1 amide bonds. The third-order valence-electron chi connectivity index (χ3n) is 5.69. The highest BCUT2D eigenvalue weighted by Gasteiger charge is 2.24. The van der Waals surface area contributed by atoms with Gasteiger partial charge in [0, 0.05) is 7.49 Å². The number of benzene rings is 2. The molecule has 0 spiro atoms. The number of aryl methyl sites for hydroxylation is 4. The molecule has 198 valence electrons. The summed E-state index contributed by atoms with van der Waals surface area (Å²) < 4.78 is 39.6. The van der Waals surface area contributed by atoms with Gasteiger partial charge in [-0.15, -0.1) is 0 Å². The molecule has 0 aliphatic carbocycles. The van der Waals surface area contributed by atoms with Gasteiger partial charge >= 0.3 is 0 Å². The van der Waals surface area contributed by atoms with Crippen molar-refractivity contribution in [1.29, 1.82) is 0 Å². The molecule has 0 atom stereocenters. The summed E-state index contributed by atoms with van der Waals surface area (Å²) in [5, 5.41) is 0. The van der Waals surface area contributed by atoms with Crippen molar-refractivity contribution in [1.82, 2.24) is 14.7 Å². The van der Waals surface area contributed by atoms with Gasteiger partial charge in [-0.2, -0.15) is 0 Å². The van der Waals surface area contributed by atoms with Gasteiger partial charge in [0.1, 0.15) is 11.3 Å². The molecule has 0 aliphatic rings. The Balaban J connectivity index is 0.00000420. The number of carbonyl (C=O) groups excluding carboxylic acids is 1. The maximum Gasteiger partial charge on any atom is 0.270 e. The highest BCUT2D eigenvalue weighted by Crippen LogP contribution is 2.33. The van der Waals surface area contributed by atoms with Gasteiger partial charge < -0.3 is 9.47 Å². The number of ether oxygens (including phenoxy) is 2. The molecule has 2 heterocycles. The summed E-state index contributed by atoms with van der Waals surface area (Å²) in [6, 6.07) is 18.3. The summed E-state index contributed by atoms with van der Waals surface area (Å²) in [5.74, 6) is 0.0808. The SMILES string of the molecule is CCOc1cc(C)cc(-c2ccc(C(=O)NS(=O)(=O)c3ccccc3)c(Oc3c(C)cc(C)cc3C)n2)n1.[HH]. The van der Waals surface area contributed by atoms with Crippen LogP contribution >= 0.6 is 0 Å². The van der Waals surface area contributed by atoms with Crippen molar-refractivity contribution < 1.29 is 24.1 Å². The van der Waals surface area contributed by atoms with Gasteiger partial charge in [0.05, 0.1) is 22.9 Å². The van der Waals surface area contributed by atoms with Crippen LogP contribution in [-0.2, 0) is 10.0 Å². The molecule has 2 aromatic carbocycles. The molecule has 1 N–H and O–H groups in total. The highest BCUT2D eigenvalue weighted by molar-refractivity contribution is 7.90. The van der Waals surface area contributed by atoms with Gasteiger partial charge in [-0.3, -0.25) is 4.79 Å². The Morgan fingerprint density at radius 2 is 1.53 bits per heavy atom. The molecule has 0 bridgehead atoms. The fraction of sp³-hybridized carbons (Fsp3) is 0.207. The Bertz CT molecular complexity index is 1590. The first-order valence-corrected chi connectivity index (χ1v) is 13.6. The molecule has 0 saturated heterocycles. The summed E-state index contributed by atoms with van der Waals surface area (Å²) in [5.41, 5.74) is 4.62. The third kappa shape index (κ3) is 6.00. The van der Waals surface area contributed by atoms with Gasteiger partial charge in [0.15, 0.2) is 0 Å². The van der Waals surface area contributed by atoms with E-state index in [-0.39, 0.29) is 17.8 Å². The predicted molar refractivity (Wildman–Crippen MR) is 147 cm³/mol. The van der Waals surface area contributed by atoms with E-state index in [0.717, 1.165) is 22.3 Å². The standard InChI is InChI=1S/C29H29N3O5S.H2/c1-6-36-26-17-19(3)16-25(30-26)24-13-12-23(28(33)32-38(34,35)22-10-8-7-9-11-22)29(31-24)37-27-20(4)14-18(2)15-21(27)5;/h7-17H,6H2,1-5H3,(H,32,33);1H. The lowest BCUT2D eigenvalue weighted by Gasteiger charge is -2.16. The van der Waals surface area contributed by atoms with E-state index in [2.05, 4.69) is 14.7 Å². The zero-order valence-electron chi connectivity index (χ0n) is 21.9. The van der Waals surface area contributed by atoms with Crippen molar-refractivity contribution in [2.75, 3.05) is 6.61 Å². The molecule has 8 nitrogen and oxygen atoms in total. The van der Waals surface area contributed by atoms with Crippen LogP contribution in [-0.4, -0.2) is 30.9 Å². The van der Waals surface area contributed by atoms with E-state index in [4.69, 9.17) is 9.47 Å². The zero-order chi connectivity index (χ0) is 27.4. The number of aromatic nitrogens is 2. The van der Waals surface area contributed by atoms with Gasteiger partial charge in [0.25, 0.3) is 15.9 Å². The number of hydrogen-bond acceptors (Lipinski definition) is 7. The van der Waals surface area contributed by atoms with Crippen LogP contribution in [0.3, 0.4) is 0 Å². The molecule has 9 heteroatoms. The summed E-state index contributed by atoms with van der Waals surface area (Å²) in [6.07, 6.45) is 0. The van der Waals surface area contributed by atoms with E-state index in [0.29, 0.717) is 29.6 Å². The number of hydrogen-bond donors (Lipinski definition) is 1. The first kappa shape index (κ1) is 26.8. The molecule has 38 heavy (non-hydrogen) atoms. The molecule has 4 rings (SSSR count). The summed E-state index contributed by atoms with van der Waals surface area (Å²) in [7, 11) is -4.11. The maximum absolute atomic E-state index is 13.3. The summed E-state index contributed by atoms with van der Waals surface area (Å²) in [6.45, 7) is 10.0. The molecule has 0 radical (unpaired) electrons. The van der Waals surface area contributed by atoms with Crippen LogP contribution < -0.4 is 14.2 Å². The minimum atomic E-state index is -4.11. The maximum atomic E-state index is 13.3. The lowest BCUT2D eigenvalue weighted by molar-refractivity contribution is 0.0978. The average Bonchev–Trinajstić information content (AvgIpc) is 2.86. The van der Waals surface area contributed by atoms with Crippen LogP contribution in [0.2, 0.25) is 0 Å². The molecule has 2 aromatic heterocycles. The molecular formula is C29H31N3O5S. The predicted octanol–water partition coefficient (Wildman–Crippen LogP) is 5.93. The van der Waals surface area contributed by atoms with Crippen molar-refractivity contribution in [3.05, 3.63) is 94.5 Å². The Hall–Kier alpha value is -4.24. The number of pyridine rings is 2. The second-order valence-electron chi connectivity index (χ2n) is 8.93. The Labute approximate surface area is 224 Å². The van der Waals surface area contributed by atoms with Crippen LogP contribution in [0.25, 0.3) is 11.4 Å². The van der Waals surface area contributed by atoms with E-state index >= 15 is 0 Å². The molecular weight excluding hydrogens is 502 g/mol.